The maximum absolute atomic E-state index is 12.2. The fraction of sp³-hybridized carbons (Fsp3) is 0.100. The molecule has 0 radical (unpaired) electrons. The molecule has 6 nitrogen and oxygen atoms in total. The van der Waals surface area contributed by atoms with E-state index in [1.54, 1.807) is 42.5 Å². The summed E-state index contributed by atoms with van der Waals surface area (Å²) in [5, 5.41) is 11.6. The van der Waals surface area contributed by atoms with E-state index in [9.17, 15) is 9.90 Å². The van der Waals surface area contributed by atoms with Gasteiger partial charge in [0.05, 0.1) is 17.7 Å². The number of carbonyl (C=O) groups excluding carboxylic acids is 1. The predicted molar refractivity (Wildman–Crippen MR) is 108 cm³/mol. The fourth-order valence-electron chi connectivity index (χ4n) is 2.68. The summed E-state index contributed by atoms with van der Waals surface area (Å²) in [6, 6.07) is 12.3. The SMILES string of the molecule is COC(=O)C1=C(O)C(=Cc2ccc3c(c2)OCO3)SC1=Nc1ccc(Cl)cc1. The van der Waals surface area contributed by atoms with Crippen LogP contribution in [0.4, 0.5) is 5.69 Å². The number of methoxy groups -OCH3 is 1. The molecule has 0 saturated carbocycles. The second-order valence-corrected chi connectivity index (χ2v) is 7.30. The molecule has 0 aromatic heterocycles. The highest BCUT2D eigenvalue weighted by Crippen LogP contribution is 2.41. The Morgan fingerprint density at radius 1 is 1.21 bits per heavy atom. The Kier molecular flexibility index (Phi) is 5.02. The van der Waals surface area contributed by atoms with Gasteiger partial charge in [0.2, 0.25) is 6.79 Å². The summed E-state index contributed by atoms with van der Waals surface area (Å²) in [7, 11) is 1.26. The maximum atomic E-state index is 12.2. The molecule has 8 heteroatoms. The Morgan fingerprint density at radius 3 is 2.71 bits per heavy atom. The molecule has 0 unspecified atom stereocenters. The van der Waals surface area contributed by atoms with E-state index < -0.39 is 5.97 Å². The van der Waals surface area contributed by atoms with Crippen LogP contribution in [-0.4, -0.2) is 30.0 Å². The number of benzene rings is 2. The highest BCUT2D eigenvalue weighted by Gasteiger charge is 2.33. The van der Waals surface area contributed by atoms with E-state index >= 15 is 0 Å². The second kappa shape index (κ2) is 7.61. The zero-order chi connectivity index (χ0) is 19.7. The van der Waals surface area contributed by atoms with Crippen LogP contribution in [0, 0.1) is 0 Å². The number of aliphatic imine (C=N–C) groups is 1. The summed E-state index contributed by atoms with van der Waals surface area (Å²) in [6.07, 6.45) is 1.75. The lowest BCUT2D eigenvalue weighted by atomic mass is 10.1. The molecule has 0 amide bonds. The van der Waals surface area contributed by atoms with Crippen LogP contribution in [0.5, 0.6) is 11.5 Å². The van der Waals surface area contributed by atoms with Crippen LogP contribution in [-0.2, 0) is 9.53 Å². The van der Waals surface area contributed by atoms with Gasteiger partial charge in [-0.1, -0.05) is 29.4 Å². The van der Waals surface area contributed by atoms with Gasteiger partial charge < -0.3 is 19.3 Å². The molecule has 2 aliphatic heterocycles. The van der Waals surface area contributed by atoms with Gasteiger partial charge in [-0.25, -0.2) is 9.79 Å². The van der Waals surface area contributed by atoms with Crippen LogP contribution < -0.4 is 9.47 Å². The average Bonchev–Trinajstić information content (AvgIpc) is 3.27. The minimum absolute atomic E-state index is 0.0226. The molecule has 28 heavy (non-hydrogen) atoms. The van der Waals surface area contributed by atoms with Gasteiger partial charge in [-0.05, 0) is 48.0 Å². The standard InChI is InChI=1S/C20H14ClNO5S/c1-25-20(24)17-18(23)16(9-11-2-7-14-15(8-11)27-10-26-14)28-19(17)22-13-5-3-12(21)4-6-13/h2-9,23H,10H2,1H3. The quantitative estimate of drug-likeness (QED) is 0.720. The first-order valence-corrected chi connectivity index (χ1v) is 9.40. The Morgan fingerprint density at radius 2 is 1.96 bits per heavy atom. The van der Waals surface area contributed by atoms with E-state index in [1.807, 2.05) is 6.07 Å². The average molecular weight is 416 g/mol. The van der Waals surface area contributed by atoms with E-state index in [1.165, 1.54) is 18.9 Å². The van der Waals surface area contributed by atoms with Gasteiger partial charge in [0.1, 0.15) is 16.4 Å². The highest BCUT2D eigenvalue weighted by atomic mass is 35.5. The van der Waals surface area contributed by atoms with Gasteiger partial charge in [0, 0.05) is 5.02 Å². The number of thioether (sulfide) groups is 1. The number of esters is 1. The molecule has 0 atom stereocenters. The van der Waals surface area contributed by atoms with Crippen molar-refractivity contribution in [3.8, 4) is 11.5 Å². The first-order valence-electron chi connectivity index (χ1n) is 8.21. The van der Waals surface area contributed by atoms with Gasteiger partial charge in [-0.15, -0.1) is 0 Å². The van der Waals surface area contributed by atoms with Gasteiger partial charge in [0.15, 0.2) is 11.5 Å². The third-order valence-electron chi connectivity index (χ3n) is 4.03. The van der Waals surface area contributed by atoms with Gasteiger partial charge in [-0.3, -0.25) is 0 Å². The number of rotatable bonds is 3. The molecule has 0 aliphatic carbocycles. The minimum atomic E-state index is -0.660. The highest BCUT2D eigenvalue weighted by molar-refractivity contribution is 8.18. The molecule has 2 aliphatic rings. The van der Waals surface area contributed by atoms with Crippen molar-refractivity contribution in [2.24, 2.45) is 4.99 Å². The molecule has 0 spiro atoms. The first-order chi connectivity index (χ1) is 13.5. The number of fused-ring (bicyclic) bond motifs is 1. The molecule has 1 N–H and O–H groups in total. The molecule has 0 bridgehead atoms. The van der Waals surface area contributed by atoms with Crippen molar-refractivity contribution in [2.75, 3.05) is 13.9 Å². The third kappa shape index (κ3) is 3.58. The van der Waals surface area contributed by atoms with Crippen molar-refractivity contribution >= 4 is 46.1 Å². The molecule has 142 valence electrons. The number of hydrogen-bond acceptors (Lipinski definition) is 7. The lowest BCUT2D eigenvalue weighted by Gasteiger charge is -2.02. The molecular formula is C20H14ClNO5S. The Bertz CT molecular complexity index is 1040. The van der Waals surface area contributed by atoms with Crippen LogP contribution in [0.1, 0.15) is 5.56 Å². The summed E-state index contributed by atoms with van der Waals surface area (Å²) in [5.74, 6) is 0.458. The fourth-order valence-corrected chi connectivity index (χ4v) is 3.84. The minimum Gasteiger partial charge on any atom is -0.506 e. The van der Waals surface area contributed by atoms with Crippen LogP contribution in [0.25, 0.3) is 6.08 Å². The zero-order valence-electron chi connectivity index (χ0n) is 14.6. The number of halogens is 1. The molecule has 0 saturated heterocycles. The smallest absolute Gasteiger partial charge is 0.344 e. The summed E-state index contributed by atoms with van der Waals surface area (Å²) >= 11 is 7.08. The zero-order valence-corrected chi connectivity index (χ0v) is 16.2. The van der Waals surface area contributed by atoms with Crippen LogP contribution in [0.2, 0.25) is 5.02 Å². The number of carbonyl (C=O) groups is 1. The van der Waals surface area contributed by atoms with Crippen molar-refractivity contribution in [3.05, 3.63) is 69.3 Å². The molecule has 0 fully saturated rings. The van der Waals surface area contributed by atoms with Crippen molar-refractivity contribution in [3.63, 3.8) is 0 Å². The molecule has 2 heterocycles. The van der Waals surface area contributed by atoms with Crippen LogP contribution in [0.3, 0.4) is 0 Å². The number of aliphatic hydroxyl groups is 1. The van der Waals surface area contributed by atoms with Crippen molar-refractivity contribution in [1.29, 1.82) is 0 Å². The Balaban J connectivity index is 1.72. The molecule has 4 rings (SSSR count). The first kappa shape index (κ1) is 18.5. The lowest BCUT2D eigenvalue weighted by molar-refractivity contribution is -0.135. The van der Waals surface area contributed by atoms with Crippen molar-refractivity contribution < 1.29 is 24.1 Å². The van der Waals surface area contributed by atoms with Gasteiger partial charge >= 0.3 is 5.97 Å². The Labute approximate surface area is 170 Å². The van der Waals surface area contributed by atoms with Crippen LogP contribution >= 0.6 is 23.4 Å². The number of aliphatic hydroxyl groups excluding tert-OH is 1. The predicted octanol–water partition coefficient (Wildman–Crippen LogP) is 4.87. The van der Waals surface area contributed by atoms with Crippen LogP contribution in [0.15, 0.2) is 63.7 Å². The topological polar surface area (TPSA) is 77.4 Å². The summed E-state index contributed by atoms with van der Waals surface area (Å²) < 4.78 is 15.5. The normalized spacial score (nSPS) is 18.2. The second-order valence-electron chi connectivity index (χ2n) is 5.83. The van der Waals surface area contributed by atoms with Crippen molar-refractivity contribution in [2.45, 2.75) is 0 Å². The number of hydrogen-bond donors (Lipinski definition) is 1. The summed E-state index contributed by atoms with van der Waals surface area (Å²) in [5.41, 5.74) is 1.41. The number of ether oxygens (including phenoxy) is 3. The number of nitrogens with zero attached hydrogens (tertiary/aromatic N) is 1. The van der Waals surface area contributed by atoms with E-state index in [2.05, 4.69) is 4.99 Å². The molecule has 2 aromatic rings. The maximum Gasteiger partial charge on any atom is 0.344 e. The van der Waals surface area contributed by atoms with Gasteiger partial charge in [0.25, 0.3) is 0 Å². The third-order valence-corrected chi connectivity index (χ3v) is 5.30. The monoisotopic (exact) mass is 415 g/mol. The Hall–Kier alpha value is -2.90. The van der Waals surface area contributed by atoms with E-state index in [-0.39, 0.29) is 18.1 Å². The molecule has 2 aromatic carbocycles. The largest absolute Gasteiger partial charge is 0.506 e. The van der Waals surface area contributed by atoms with Gasteiger partial charge in [-0.2, -0.15) is 0 Å². The molecular weight excluding hydrogens is 402 g/mol. The lowest BCUT2D eigenvalue weighted by Crippen LogP contribution is -2.10. The van der Waals surface area contributed by atoms with E-state index in [0.717, 1.165) is 5.56 Å². The van der Waals surface area contributed by atoms with E-state index in [0.29, 0.717) is 32.2 Å². The summed E-state index contributed by atoms with van der Waals surface area (Å²) in [6.45, 7) is 0.180. The van der Waals surface area contributed by atoms with E-state index in [4.69, 9.17) is 25.8 Å². The summed E-state index contributed by atoms with van der Waals surface area (Å²) in [4.78, 5) is 17.2. The van der Waals surface area contributed by atoms with Crippen molar-refractivity contribution in [1.82, 2.24) is 0 Å².